The first-order chi connectivity index (χ1) is 16.6. The van der Waals surface area contributed by atoms with E-state index in [1.54, 1.807) is 0 Å². The van der Waals surface area contributed by atoms with Gasteiger partial charge in [0.2, 0.25) is 5.91 Å². The van der Waals surface area contributed by atoms with Crippen LogP contribution in [0.2, 0.25) is 0 Å². The zero-order valence-corrected chi connectivity index (χ0v) is 19.2. The largest absolute Gasteiger partial charge is 0.370 e. The molecule has 2 amide bonds. The molecule has 2 aliphatic rings. The minimum Gasteiger partial charge on any atom is -0.370 e. The van der Waals surface area contributed by atoms with Gasteiger partial charge in [-0.25, -0.2) is 0 Å². The summed E-state index contributed by atoms with van der Waals surface area (Å²) in [6, 6.07) is 24.3. The average molecular weight is 455 g/mol. The number of nitrogens with one attached hydrogen (secondary N) is 1. The number of carbonyl (C=O) groups is 2. The number of nitrogens with zero attached hydrogens (tertiary/aromatic N) is 2. The molecule has 0 unspecified atom stereocenters. The number of rotatable bonds is 5. The van der Waals surface area contributed by atoms with E-state index in [0.29, 0.717) is 5.56 Å². The number of primary amides is 1. The van der Waals surface area contributed by atoms with Crippen LogP contribution in [0.25, 0.3) is 0 Å². The van der Waals surface area contributed by atoms with E-state index in [-0.39, 0.29) is 17.7 Å². The lowest BCUT2D eigenvalue weighted by molar-refractivity contribution is -0.122. The Kier molecular flexibility index (Phi) is 6.21. The molecule has 3 aromatic carbocycles. The van der Waals surface area contributed by atoms with Gasteiger partial charge in [0.15, 0.2) is 0 Å². The fourth-order valence-corrected chi connectivity index (χ4v) is 4.99. The van der Waals surface area contributed by atoms with E-state index in [1.807, 2.05) is 48.5 Å². The third-order valence-electron chi connectivity index (χ3n) is 7.02. The van der Waals surface area contributed by atoms with Crippen LogP contribution >= 0.6 is 0 Å². The Labute approximate surface area is 200 Å². The lowest BCUT2D eigenvalue weighted by Gasteiger charge is -2.33. The van der Waals surface area contributed by atoms with Gasteiger partial charge in [-0.05, 0) is 66.8 Å². The molecular weight excluding hydrogens is 424 g/mol. The predicted octanol–water partition coefficient (Wildman–Crippen LogP) is 4.20. The first-order valence-corrected chi connectivity index (χ1v) is 11.9. The smallest absolute Gasteiger partial charge is 0.255 e. The molecule has 34 heavy (non-hydrogen) atoms. The zero-order valence-electron chi connectivity index (χ0n) is 19.2. The number of amides is 2. The topological polar surface area (TPSA) is 78.7 Å². The Morgan fingerprint density at radius 3 is 2.21 bits per heavy atom. The summed E-state index contributed by atoms with van der Waals surface area (Å²) < 4.78 is 0. The van der Waals surface area contributed by atoms with E-state index >= 15 is 0 Å². The molecule has 1 saturated heterocycles. The average Bonchev–Trinajstić information content (AvgIpc) is 2.89. The fourth-order valence-electron chi connectivity index (χ4n) is 4.99. The van der Waals surface area contributed by atoms with Gasteiger partial charge in [0.25, 0.3) is 5.91 Å². The molecule has 174 valence electrons. The first kappa shape index (κ1) is 22.0. The molecule has 1 fully saturated rings. The quantitative estimate of drug-likeness (QED) is 0.606. The van der Waals surface area contributed by atoms with Crippen LogP contribution in [0.3, 0.4) is 0 Å². The Hall–Kier alpha value is -3.80. The maximum atomic E-state index is 13.0. The van der Waals surface area contributed by atoms with Gasteiger partial charge in [-0.2, -0.15) is 0 Å². The number of para-hydroxylation sites is 2. The lowest BCUT2D eigenvalue weighted by Crippen LogP contribution is -2.38. The minimum absolute atomic E-state index is 0.0649. The summed E-state index contributed by atoms with van der Waals surface area (Å²) in [6.45, 7) is 3.35. The fraction of sp³-hybridized carbons (Fsp3) is 0.286. The summed E-state index contributed by atoms with van der Waals surface area (Å²) in [6.07, 6.45) is 2.51. The van der Waals surface area contributed by atoms with Gasteiger partial charge in [-0.3, -0.25) is 9.59 Å². The Morgan fingerprint density at radius 1 is 0.794 bits per heavy atom. The summed E-state index contributed by atoms with van der Waals surface area (Å²) in [4.78, 5) is 29.1. The maximum Gasteiger partial charge on any atom is 0.255 e. The maximum absolute atomic E-state index is 13.0. The highest BCUT2D eigenvalue weighted by atomic mass is 16.2. The van der Waals surface area contributed by atoms with Crippen molar-refractivity contribution in [1.82, 2.24) is 0 Å². The van der Waals surface area contributed by atoms with Crippen LogP contribution in [0.1, 0.15) is 34.3 Å². The number of hydrogen-bond donors (Lipinski definition) is 2. The molecule has 6 nitrogen and oxygen atoms in total. The molecule has 0 atom stereocenters. The lowest BCUT2D eigenvalue weighted by atomic mass is 9.96. The highest BCUT2D eigenvalue weighted by Crippen LogP contribution is 2.30. The SMILES string of the molecule is NC(=O)C1CCN(c2ccccc2NC(=O)c2ccc(N3CCc4ccccc4C3)cc2)CC1. The van der Waals surface area contributed by atoms with Gasteiger partial charge in [-0.1, -0.05) is 36.4 Å². The van der Waals surface area contributed by atoms with Crippen molar-refractivity contribution in [3.05, 3.63) is 89.5 Å². The van der Waals surface area contributed by atoms with E-state index in [0.717, 1.165) is 62.5 Å². The van der Waals surface area contributed by atoms with Crippen molar-refractivity contribution in [2.45, 2.75) is 25.8 Å². The summed E-state index contributed by atoms with van der Waals surface area (Å²) in [5.74, 6) is -0.418. The van der Waals surface area contributed by atoms with Gasteiger partial charge >= 0.3 is 0 Å². The van der Waals surface area contributed by atoms with E-state index < -0.39 is 0 Å². The van der Waals surface area contributed by atoms with Gasteiger partial charge in [0, 0.05) is 43.3 Å². The van der Waals surface area contributed by atoms with Crippen molar-refractivity contribution in [2.75, 3.05) is 34.8 Å². The second-order valence-electron chi connectivity index (χ2n) is 9.12. The molecule has 0 saturated carbocycles. The van der Waals surface area contributed by atoms with Crippen LogP contribution in [0.15, 0.2) is 72.8 Å². The monoisotopic (exact) mass is 454 g/mol. The van der Waals surface area contributed by atoms with E-state index in [1.165, 1.54) is 11.1 Å². The van der Waals surface area contributed by atoms with Crippen molar-refractivity contribution >= 4 is 28.9 Å². The third-order valence-corrected chi connectivity index (χ3v) is 7.02. The molecule has 0 aliphatic carbocycles. The molecular formula is C28H30N4O2. The standard InChI is InChI=1S/C28H30N4O2/c29-27(33)21-14-16-31(17-15-21)26-8-4-3-7-25(26)30-28(34)22-9-11-24(12-10-22)32-18-13-20-5-1-2-6-23(20)19-32/h1-12,21H,13-19H2,(H2,29,33)(H,30,34). The summed E-state index contributed by atoms with van der Waals surface area (Å²) in [5, 5.41) is 3.08. The second-order valence-corrected chi connectivity index (χ2v) is 9.12. The molecule has 5 rings (SSSR count). The van der Waals surface area contributed by atoms with Gasteiger partial charge < -0.3 is 20.9 Å². The predicted molar refractivity (Wildman–Crippen MR) is 136 cm³/mol. The molecule has 2 aliphatic heterocycles. The molecule has 3 N–H and O–H groups in total. The number of carbonyl (C=O) groups excluding carboxylic acids is 2. The highest BCUT2D eigenvalue weighted by molar-refractivity contribution is 6.06. The van der Waals surface area contributed by atoms with Gasteiger partial charge in [0.1, 0.15) is 0 Å². The molecule has 2 heterocycles. The van der Waals surface area contributed by atoms with Crippen LogP contribution in [-0.4, -0.2) is 31.4 Å². The van der Waals surface area contributed by atoms with Gasteiger partial charge in [0.05, 0.1) is 11.4 Å². The summed E-state index contributed by atoms with van der Waals surface area (Å²) >= 11 is 0. The van der Waals surface area contributed by atoms with Crippen LogP contribution in [-0.2, 0) is 17.8 Å². The number of fused-ring (bicyclic) bond motifs is 1. The first-order valence-electron chi connectivity index (χ1n) is 11.9. The Balaban J connectivity index is 1.25. The van der Waals surface area contributed by atoms with Crippen LogP contribution in [0.4, 0.5) is 17.1 Å². The van der Waals surface area contributed by atoms with Gasteiger partial charge in [-0.15, -0.1) is 0 Å². The number of anilines is 3. The molecule has 0 bridgehead atoms. The zero-order chi connectivity index (χ0) is 23.5. The van der Waals surface area contributed by atoms with Crippen molar-refractivity contribution in [2.24, 2.45) is 11.7 Å². The normalized spacial score (nSPS) is 16.1. The number of hydrogen-bond acceptors (Lipinski definition) is 4. The number of nitrogens with two attached hydrogens (primary N) is 1. The van der Waals surface area contributed by atoms with E-state index in [2.05, 4.69) is 39.4 Å². The summed E-state index contributed by atoms with van der Waals surface area (Å²) in [7, 11) is 0. The van der Waals surface area contributed by atoms with Crippen LogP contribution in [0.5, 0.6) is 0 Å². The second kappa shape index (κ2) is 9.59. The molecule has 6 heteroatoms. The van der Waals surface area contributed by atoms with Crippen LogP contribution in [0, 0.1) is 5.92 Å². The van der Waals surface area contributed by atoms with Crippen molar-refractivity contribution < 1.29 is 9.59 Å². The van der Waals surface area contributed by atoms with Crippen LogP contribution < -0.4 is 20.9 Å². The molecule has 0 radical (unpaired) electrons. The van der Waals surface area contributed by atoms with Crippen molar-refractivity contribution in [1.29, 1.82) is 0 Å². The summed E-state index contributed by atoms with van der Waals surface area (Å²) in [5.41, 5.74) is 11.8. The molecule has 0 aromatic heterocycles. The number of benzene rings is 3. The molecule has 3 aromatic rings. The van der Waals surface area contributed by atoms with Crippen molar-refractivity contribution in [3.63, 3.8) is 0 Å². The Morgan fingerprint density at radius 2 is 1.47 bits per heavy atom. The Bertz CT molecular complexity index is 1180. The van der Waals surface area contributed by atoms with Crippen molar-refractivity contribution in [3.8, 4) is 0 Å². The highest BCUT2D eigenvalue weighted by Gasteiger charge is 2.25. The third kappa shape index (κ3) is 4.62. The van der Waals surface area contributed by atoms with E-state index in [9.17, 15) is 9.59 Å². The molecule has 0 spiro atoms. The minimum atomic E-state index is -0.224. The number of piperidine rings is 1. The van der Waals surface area contributed by atoms with E-state index in [4.69, 9.17) is 5.73 Å².